The number of hydrogen-bond donors (Lipinski definition) is 2. The lowest BCUT2D eigenvalue weighted by Gasteiger charge is -2.03. The monoisotopic (exact) mass is 274 g/mol. The Morgan fingerprint density at radius 2 is 2.10 bits per heavy atom. The number of rotatable bonds is 4. The van der Waals surface area contributed by atoms with E-state index in [1.807, 2.05) is 6.92 Å². The number of aromatic carboxylic acids is 1. The van der Waals surface area contributed by atoms with Gasteiger partial charge in [-0.25, -0.2) is 9.48 Å². The quantitative estimate of drug-likeness (QED) is 0.898. The summed E-state index contributed by atoms with van der Waals surface area (Å²) >= 11 is 0. The standard InChI is InChI=1S/C15H18N2O3/c1-9(2)7-13-10(3)16-17(14(13)18)12-6-4-5-11(8-12)15(19)20/h4-6,8-9,16H,7H2,1-3H3,(H,19,20). The van der Waals surface area contributed by atoms with Gasteiger partial charge in [0.25, 0.3) is 5.56 Å². The Hall–Kier alpha value is -2.30. The summed E-state index contributed by atoms with van der Waals surface area (Å²) in [7, 11) is 0. The Balaban J connectivity index is 2.51. The number of carboxylic acid groups (broad SMARTS) is 1. The second kappa shape index (κ2) is 5.36. The number of aryl methyl sites for hydroxylation is 1. The van der Waals surface area contributed by atoms with Crippen LogP contribution in [0.2, 0.25) is 0 Å². The molecule has 1 heterocycles. The van der Waals surface area contributed by atoms with Gasteiger partial charge in [0.2, 0.25) is 0 Å². The molecule has 20 heavy (non-hydrogen) atoms. The molecular weight excluding hydrogens is 256 g/mol. The molecule has 0 saturated carbocycles. The van der Waals surface area contributed by atoms with E-state index in [1.54, 1.807) is 12.1 Å². The minimum Gasteiger partial charge on any atom is -0.478 e. The lowest BCUT2D eigenvalue weighted by Crippen LogP contribution is -2.18. The fourth-order valence-electron chi connectivity index (χ4n) is 2.19. The van der Waals surface area contributed by atoms with Gasteiger partial charge in [0, 0.05) is 11.3 Å². The van der Waals surface area contributed by atoms with E-state index in [4.69, 9.17) is 5.11 Å². The summed E-state index contributed by atoms with van der Waals surface area (Å²) in [5.41, 5.74) is 2.16. The molecule has 5 heteroatoms. The molecule has 0 spiro atoms. The summed E-state index contributed by atoms with van der Waals surface area (Å²) in [6.07, 6.45) is 0.701. The molecule has 0 bridgehead atoms. The lowest BCUT2D eigenvalue weighted by molar-refractivity contribution is 0.0697. The highest BCUT2D eigenvalue weighted by Gasteiger charge is 2.14. The average Bonchev–Trinajstić information content (AvgIpc) is 2.66. The lowest BCUT2D eigenvalue weighted by atomic mass is 10.0. The molecule has 0 unspecified atom stereocenters. The number of nitrogens with zero attached hydrogens (tertiary/aromatic N) is 1. The van der Waals surface area contributed by atoms with Gasteiger partial charge in [0.1, 0.15) is 0 Å². The minimum absolute atomic E-state index is 0.112. The third-order valence-electron chi connectivity index (χ3n) is 3.16. The number of hydrogen-bond acceptors (Lipinski definition) is 2. The molecule has 1 aromatic carbocycles. The van der Waals surface area contributed by atoms with Crippen LogP contribution in [0.5, 0.6) is 0 Å². The molecule has 0 saturated heterocycles. The summed E-state index contributed by atoms with van der Waals surface area (Å²) in [6.45, 7) is 5.97. The van der Waals surface area contributed by atoms with Crippen LogP contribution in [0.4, 0.5) is 0 Å². The molecule has 0 radical (unpaired) electrons. The highest BCUT2D eigenvalue weighted by molar-refractivity contribution is 5.88. The Morgan fingerprint density at radius 1 is 1.40 bits per heavy atom. The van der Waals surface area contributed by atoms with Gasteiger partial charge < -0.3 is 5.11 Å². The summed E-state index contributed by atoms with van der Waals surface area (Å²) in [5.74, 6) is -0.624. The third-order valence-corrected chi connectivity index (χ3v) is 3.16. The smallest absolute Gasteiger partial charge is 0.335 e. The summed E-state index contributed by atoms with van der Waals surface area (Å²) in [4.78, 5) is 23.4. The van der Waals surface area contributed by atoms with Crippen LogP contribution in [0.25, 0.3) is 5.69 Å². The molecule has 0 aliphatic carbocycles. The highest BCUT2D eigenvalue weighted by Crippen LogP contribution is 2.12. The van der Waals surface area contributed by atoms with Gasteiger partial charge in [-0.3, -0.25) is 9.89 Å². The first-order chi connectivity index (χ1) is 9.40. The molecule has 2 aromatic rings. The van der Waals surface area contributed by atoms with Crippen LogP contribution in [-0.2, 0) is 6.42 Å². The van der Waals surface area contributed by atoms with Gasteiger partial charge in [-0.1, -0.05) is 19.9 Å². The van der Waals surface area contributed by atoms with Crippen molar-refractivity contribution >= 4 is 5.97 Å². The number of carboxylic acids is 1. The van der Waals surface area contributed by atoms with Crippen LogP contribution in [0.1, 0.15) is 35.5 Å². The number of aromatic nitrogens is 2. The number of H-pyrrole nitrogens is 1. The van der Waals surface area contributed by atoms with Gasteiger partial charge in [-0.05, 0) is 37.5 Å². The largest absolute Gasteiger partial charge is 0.478 e. The van der Waals surface area contributed by atoms with Crippen molar-refractivity contribution in [1.29, 1.82) is 0 Å². The molecule has 0 amide bonds. The summed E-state index contributed by atoms with van der Waals surface area (Å²) in [5, 5.41) is 12.0. The molecule has 0 aliphatic rings. The van der Waals surface area contributed by atoms with E-state index in [0.29, 0.717) is 18.0 Å². The number of nitrogens with one attached hydrogen (secondary N) is 1. The van der Waals surface area contributed by atoms with Crippen LogP contribution in [-0.4, -0.2) is 20.9 Å². The predicted octanol–water partition coefficient (Wildman–Crippen LogP) is 2.37. The zero-order valence-electron chi connectivity index (χ0n) is 11.8. The van der Waals surface area contributed by atoms with Crippen LogP contribution >= 0.6 is 0 Å². The Morgan fingerprint density at radius 3 is 2.70 bits per heavy atom. The predicted molar refractivity (Wildman–Crippen MR) is 76.6 cm³/mol. The second-order valence-corrected chi connectivity index (χ2v) is 5.31. The van der Waals surface area contributed by atoms with Crippen molar-refractivity contribution in [3.05, 3.63) is 51.4 Å². The van der Waals surface area contributed by atoms with Gasteiger partial charge in [-0.2, -0.15) is 0 Å². The van der Waals surface area contributed by atoms with Gasteiger partial charge in [0.05, 0.1) is 11.3 Å². The van der Waals surface area contributed by atoms with E-state index in [2.05, 4.69) is 18.9 Å². The van der Waals surface area contributed by atoms with Crippen LogP contribution in [0, 0.1) is 12.8 Å². The van der Waals surface area contributed by atoms with Crippen molar-refractivity contribution in [3.8, 4) is 5.69 Å². The minimum atomic E-state index is -1.01. The van der Waals surface area contributed by atoms with Gasteiger partial charge in [-0.15, -0.1) is 0 Å². The second-order valence-electron chi connectivity index (χ2n) is 5.31. The van der Waals surface area contributed by atoms with Gasteiger partial charge >= 0.3 is 5.97 Å². The Kier molecular flexibility index (Phi) is 3.79. The van der Waals surface area contributed by atoms with Crippen LogP contribution in [0.15, 0.2) is 29.1 Å². The van der Waals surface area contributed by atoms with E-state index in [-0.39, 0.29) is 11.1 Å². The van der Waals surface area contributed by atoms with Crippen molar-refractivity contribution in [2.75, 3.05) is 0 Å². The van der Waals surface area contributed by atoms with Crippen molar-refractivity contribution in [1.82, 2.24) is 9.78 Å². The molecule has 106 valence electrons. The normalized spacial score (nSPS) is 11.0. The number of benzene rings is 1. The van der Waals surface area contributed by atoms with Crippen molar-refractivity contribution in [2.24, 2.45) is 5.92 Å². The number of carbonyl (C=O) groups is 1. The van der Waals surface area contributed by atoms with Crippen molar-refractivity contribution in [3.63, 3.8) is 0 Å². The molecule has 0 fully saturated rings. The summed E-state index contributed by atoms with van der Waals surface area (Å²) in [6, 6.07) is 6.33. The van der Waals surface area contributed by atoms with Crippen molar-refractivity contribution < 1.29 is 9.90 Å². The molecule has 0 aliphatic heterocycles. The maximum Gasteiger partial charge on any atom is 0.335 e. The first kappa shape index (κ1) is 14.1. The molecule has 2 rings (SSSR count). The van der Waals surface area contributed by atoms with E-state index in [1.165, 1.54) is 16.8 Å². The van der Waals surface area contributed by atoms with Crippen molar-refractivity contribution in [2.45, 2.75) is 27.2 Å². The zero-order chi connectivity index (χ0) is 14.9. The Bertz CT molecular complexity index is 695. The molecule has 1 aromatic heterocycles. The maximum atomic E-state index is 12.4. The maximum absolute atomic E-state index is 12.4. The third kappa shape index (κ3) is 2.66. The SMILES string of the molecule is Cc1[nH]n(-c2cccc(C(=O)O)c2)c(=O)c1CC(C)C. The fraction of sp³-hybridized carbons (Fsp3) is 0.333. The zero-order valence-corrected chi connectivity index (χ0v) is 11.8. The van der Waals surface area contributed by atoms with E-state index in [0.717, 1.165) is 11.3 Å². The first-order valence-electron chi connectivity index (χ1n) is 6.54. The fourth-order valence-corrected chi connectivity index (χ4v) is 2.19. The molecular formula is C15H18N2O3. The topological polar surface area (TPSA) is 75.1 Å². The highest BCUT2D eigenvalue weighted by atomic mass is 16.4. The van der Waals surface area contributed by atoms with E-state index < -0.39 is 5.97 Å². The summed E-state index contributed by atoms with van der Waals surface area (Å²) < 4.78 is 1.40. The van der Waals surface area contributed by atoms with Crippen LogP contribution in [0.3, 0.4) is 0 Å². The molecule has 2 N–H and O–H groups in total. The molecule has 5 nitrogen and oxygen atoms in total. The van der Waals surface area contributed by atoms with E-state index in [9.17, 15) is 9.59 Å². The number of aromatic amines is 1. The van der Waals surface area contributed by atoms with Gasteiger partial charge in [0.15, 0.2) is 0 Å². The van der Waals surface area contributed by atoms with E-state index >= 15 is 0 Å². The average molecular weight is 274 g/mol. The van der Waals surface area contributed by atoms with Crippen LogP contribution < -0.4 is 5.56 Å². The molecule has 0 atom stereocenters. The Labute approximate surface area is 116 Å². The first-order valence-corrected chi connectivity index (χ1v) is 6.54.